The Kier molecular flexibility index (Phi) is 6.91. The number of H-pyrrole nitrogens is 1. The third kappa shape index (κ3) is 5.21. The highest BCUT2D eigenvalue weighted by molar-refractivity contribution is 5.90. The number of carboxylic acids is 1. The zero-order valence-corrected chi connectivity index (χ0v) is 19.9. The van der Waals surface area contributed by atoms with Crippen LogP contribution >= 0.6 is 0 Å². The van der Waals surface area contributed by atoms with Crippen molar-refractivity contribution >= 4 is 33.7 Å². The first-order chi connectivity index (χ1) is 16.8. The van der Waals surface area contributed by atoms with E-state index in [2.05, 4.69) is 10.3 Å². The molecule has 0 bridgehead atoms. The minimum atomic E-state index is -1.14. The maximum Gasteiger partial charge on any atom is 0.336 e. The van der Waals surface area contributed by atoms with Crippen LogP contribution in [-0.4, -0.2) is 34.1 Å². The Labute approximate surface area is 201 Å². The molecule has 35 heavy (non-hydrogen) atoms. The third-order valence-corrected chi connectivity index (χ3v) is 5.94. The lowest BCUT2D eigenvalue weighted by atomic mass is 10.0. The summed E-state index contributed by atoms with van der Waals surface area (Å²) in [5, 5.41) is 13.9. The van der Waals surface area contributed by atoms with Crippen LogP contribution in [0, 0.1) is 6.92 Å². The highest BCUT2D eigenvalue weighted by Gasteiger charge is 2.26. The molecule has 0 saturated heterocycles. The van der Waals surface area contributed by atoms with Gasteiger partial charge in [-0.2, -0.15) is 0 Å². The number of carbonyl (C=O) groups is 2. The number of rotatable bonds is 9. The van der Waals surface area contributed by atoms with Gasteiger partial charge in [0.05, 0.1) is 5.39 Å². The number of aromatic amines is 1. The molecule has 0 radical (unpaired) electrons. The van der Waals surface area contributed by atoms with Crippen molar-refractivity contribution in [3.05, 3.63) is 75.8 Å². The van der Waals surface area contributed by atoms with E-state index in [-0.39, 0.29) is 6.42 Å². The van der Waals surface area contributed by atoms with Crippen molar-refractivity contribution in [2.45, 2.75) is 52.2 Å². The predicted octanol–water partition coefficient (Wildman–Crippen LogP) is 4.11. The lowest BCUT2D eigenvalue weighted by Crippen LogP contribution is -2.47. The standard InChI is InChI=1S/C27H28N2O6/c1-4-7-17-13-24(30)35-23-11-15(2)10-22(25(17)23)34-16(3)26(31)29-21(27(32)33)12-18-14-28-20-9-6-5-8-19(18)20/h5-6,8-11,13-14,16,21,28H,4,7,12H2,1-3H3,(H,29,31)(H,32,33)/t16?,21-/m0/s1. The Balaban J connectivity index is 1.56. The maximum absolute atomic E-state index is 13.0. The summed E-state index contributed by atoms with van der Waals surface area (Å²) in [5.74, 6) is -1.27. The van der Waals surface area contributed by atoms with Crippen LogP contribution in [0.2, 0.25) is 0 Å². The number of carboxylic acid groups (broad SMARTS) is 1. The molecule has 0 aliphatic heterocycles. The lowest BCUT2D eigenvalue weighted by Gasteiger charge is -2.20. The number of ether oxygens (including phenoxy) is 1. The Morgan fingerprint density at radius 1 is 1.17 bits per heavy atom. The quantitative estimate of drug-likeness (QED) is 0.313. The first-order valence-electron chi connectivity index (χ1n) is 11.6. The Bertz CT molecular complexity index is 1450. The summed E-state index contributed by atoms with van der Waals surface area (Å²) >= 11 is 0. The second-order valence-electron chi connectivity index (χ2n) is 8.70. The van der Waals surface area contributed by atoms with Gasteiger partial charge >= 0.3 is 11.6 Å². The van der Waals surface area contributed by atoms with Crippen molar-refractivity contribution in [2.75, 3.05) is 0 Å². The zero-order chi connectivity index (χ0) is 25.1. The molecule has 182 valence electrons. The Morgan fingerprint density at radius 3 is 2.69 bits per heavy atom. The molecular weight excluding hydrogens is 448 g/mol. The van der Waals surface area contributed by atoms with Gasteiger partial charge in [0.2, 0.25) is 0 Å². The van der Waals surface area contributed by atoms with E-state index in [4.69, 9.17) is 9.15 Å². The van der Waals surface area contributed by atoms with Crippen molar-refractivity contribution in [2.24, 2.45) is 0 Å². The molecule has 2 aromatic heterocycles. The van der Waals surface area contributed by atoms with Gasteiger partial charge in [-0.15, -0.1) is 0 Å². The summed E-state index contributed by atoms with van der Waals surface area (Å²) in [6, 6.07) is 11.4. The van der Waals surface area contributed by atoms with Gasteiger partial charge in [0.1, 0.15) is 17.4 Å². The fourth-order valence-corrected chi connectivity index (χ4v) is 4.28. The van der Waals surface area contributed by atoms with Gasteiger partial charge in [-0.1, -0.05) is 31.5 Å². The molecule has 4 rings (SSSR count). The largest absolute Gasteiger partial charge is 0.480 e. The second-order valence-corrected chi connectivity index (χ2v) is 8.70. The highest BCUT2D eigenvalue weighted by atomic mass is 16.5. The zero-order valence-electron chi connectivity index (χ0n) is 19.9. The number of carbonyl (C=O) groups excluding carboxylic acids is 1. The van der Waals surface area contributed by atoms with E-state index in [0.717, 1.165) is 34.0 Å². The number of aryl methyl sites for hydroxylation is 2. The molecule has 1 amide bonds. The maximum atomic E-state index is 13.0. The molecule has 2 heterocycles. The van der Waals surface area contributed by atoms with Gasteiger partial charge in [-0.05, 0) is 55.2 Å². The minimum absolute atomic E-state index is 0.122. The molecule has 0 fully saturated rings. The van der Waals surface area contributed by atoms with Crippen molar-refractivity contribution in [1.82, 2.24) is 10.3 Å². The van der Waals surface area contributed by atoms with Crippen molar-refractivity contribution in [3.8, 4) is 5.75 Å². The average molecular weight is 477 g/mol. The fraction of sp³-hybridized carbons (Fsp3) is 0.296. The smallest absolute Gasteiger partial charge is 0.336 e. The topological polar surface area (TPSA) is 122 Å². The van der Waals surface area contributed by atoms with Crippen molar-refractivity contribution in [1.29, 1.82) is 0 Å². The summed E-state index contributed by atoms with van der Waals surface area (Å²) < 4.78 is 11.4. The van der Waals surface area contributed by atoms with E-state index in [1.807, 2.05) is 38.1 Å². The SMILES string of the molecule is CCCc1cc(=O)oc2cc(C)cc(OC(C)C(=O)N[C@@H](Cc3c[nH]c4ccccc34)C(=O)O)c12. The van der Waals surface area contributed by atoms with Crippen LogP contribution in [0.4, 0.5) is 0 Å². The highest BCUT2D eigenvalue weighted by Crippen LogP contribution is 2.31. The third-order valence-electron chi connectivity index (χ3n) is 5.94. The number of hydrogen-bond acceptors (Lipinski definition) is 5. The van der Waals surface area contributed by atoms with Gasteiger partial charge < -0.3 is 24.6 Å². The predicted molar refractivity (Wildman–Crippen MR) is 133 cm³/mol. The van der Waals surface area contributed by atoms with Crippen LogP contribution in [-0.2, 0) is 22.4 Å². The number of hydrogen-bond donors (Lipinski definition) is 3. The molecule has 2 atom stereocenters. The number of amides is 1. The average Bonchev–Trinajstić information content (AvgIpc) is 3.20. The lowest BCUT2D eigenvalue weighted by molar-refractivity contribution is -0.142. The van der Waals surface area contributed by atoms with E-state index in [1.54, 1.807) is 25.3 Å². The molecule has 0 spiro atoms. The molecule has 2 aromatic carbocycles. The van der Waals surface area contributed by atoms with Gasteiger partial charge in [-0.25, -0.2) is 9.59 Å². The van der Waals surface area contributed by atoms with E-state index < -0.39 is 29.6 Å². The fourth-order valence-electron chi connectivity index (χ4n) is 4.28. The summed E-state index contributed by atoms with van der Waals surface area (Å²) in [6.07, 6.45) is 2.36. The normalized spacial score (nSPS) is 13.0. The molecule has 4 aromatic rings. The minimum Gasteiger partial charge on any atom is -0.480 e. The van der Waals surface area contributed by atoms with Crippen LogP contribution in [0.15, 0.2) is 57.9 Å². The van der Waals surface area contributed by atoms with Crippen LogP contribution in [0.3, 0.4) is 0 Å². The summed E-state index contributed by atoms with van der Waals surface area (Å²) in [6.45, 7) is 5.41. The number of fused-ring (bicyclic) bond motifs is 2. The van der Waals surface area contributed by atoms with Gasteiger partial charge in [0, 0.05) is 29.6 Å². The summed E-state index contributed by atoms with van der Waals surface area (Å²) in [7, 11) is 0. The van der Waals surface area contributed by atoms with E-state index in [9.17, 15) is 19.5 Å². The van der Waals surface area contributed by atoms with Crippen LogP contribution in [0.25, 0.3) is 21.9 Å². The first-order valence-corrected chi connectivity index (χ1v) is 11.6. The monoisotopic (exact) mass is 476 g/mol. The van der Waals surface area contributed by atoms with Crippen LogP contribution in [0.5, 0.6) is 5.75 Å². The van der Waals surface area contributed by atoms with Crippen molar-refractivity contribution in [3.63, 3.8) is 0 Å². The second kappa shape index (κ2) is 10.0. The number of aromatic nitrogens is 1. The van der Waals surface area contributed by atoms with E-state index >= 15 is 0 Å². The number of aliphatic carboxylic acids is 1. The molecule has 0 aliphatic rings. The first kappa shape index (κ1) is 24.1. The molecule has 0 saturated carbocycles. The number of benzene rings is 2. The van der Waals surface area contributed by atoms with Crippen LogP contribution in [0.1, 0.15) is 37.0 Å². The number of nitrogens with one attached hydrogen (secondary N) is 2. The molecule has 0 aliphatic carbocycles. The summed E-state index contributed by atoms with van der Waals surface area (Å²) in [5.41, 5.74) is 3.24. The van der Waals surface area contributed by atoms with Gasteiger partial charge in [-0.3, -0.25) is 4.79 Å². The summed E-state index contributed by atoms with van der Waals surface area (Å²) in [4.78, 5) is 40.0. The van der Waals surface area contributed by atoms with Gasteiger partial charge in [0.15, 0.2) is 6.10 Å². The molecular formula is C27H28N2O6. The van der Waals surface area contributed by atoms with Crippen LogP contribution < -0.4 is 15.7 Å². The molecule has 8 heteroatoms. The number of para-hydroxylation sites is 1. The van der Waals surface area contributed by atoms with Gasteiger partial charge in [0.25, 0.3) is 5.91 Å². The Morgan fingerprint density at radius 2 is 1.94 bits per heavy atom. The Hall–Kier alpha value is -4.07. The molecule has 8 nitrogen and oxygen atoms in total. The molecule has 3 N–H and O–H groups in total. The van der Waals surface area contributed by atoms with E-state index in [0.29, 0.717) is 23.1 Å². The van der Waals surface area contributed by atoms with Crippen molar-refractivity contribution < 1.29 is 23.8 Å². The van der Waals surface area contributed by atoms with E-state index in [1.165, 1.54) is 6.07 Å². The molecule has 1 unspecified atom stereocenters.